The smallest absolute Gasteiger partial charge is 0.303 e. The summed E-state index contributed by atoms with van der Waals surface area (Å²) in [6.45, 7) is 0.315. The number of fused-ring (bicyclic) bond motifs is 1. The average Bonchev–Trinajstić information content (AvgIpc) is 3.21. The maximum Gasteiger partial charge on any atom is 0.303 e. The molecular formula is C25H23NO6S. The highest BCUT2D eigenvalue weighted by molar-refractivity contribution is 7.90. The van der Waals surface area contributed by atoms with Crippen LogP contribution in [0.2, 0.25) is 0 Å². The molecule has 33 heavy (non-hydrogen) atoms. The summed E-state index contributed by atoms with van der Waals surface area (Å²) < 4.78 is 39.0. The van der Waals surface area contributed by atoms with E-state index in [1.807, 2.05) is 30.3 Å². The third-order valence-electron chi connectivity index (χ3n) is 5.30. The summed E-state index contributed by atoms with van der Waals surface area (Å²) in [6.07, 6.45) is 1.60. The van der Waals surface area contributed by atoms with Crippen LogP contribution in [0.15, 0.2) is 83.9 Å². The van der Waals surface area contributed by atoms with Crippen molar-refractivity contribution < 1.29 is 27.8 Å². The van der Waals surface area contributed by atoms with Gasteiger partial charge in [0.05, 0.1) is 17.5 Å². The summed E-state index contributed by atoms with van der Waals surface area (Å²) in [5.74, 6) is 0.351. The SMILES string of the molecule is COc1ccc2c(c1)c(CCC(=O)O)cn2S(=O)(=O)c1ccc(COc2ccccc2)cc1. The van der Waals surface area contributed by atoms with Gasteiger partial charge in [-0.05, 0) is 60.0 Å². The highest BCUT2D eigenvalue weighted by Gasteiger charge is 2.22. The third-order valence-corrected chi connectivity index (χ3v) is 6.99. The van der Waals surface area contributed by atoms with Crippen LogP contribution in [0.5, 0.6) is 11.5 Å². The number of carboxylic acid groups (broad SMARTS) is 1. The fourth-order valence-electron chi connectivity index (χ4n) is 3.57. The number of nitrogens with zero attached hydrogens (tertiary/aromatic N) is 1. The minimum absolute atomic E-state index is 0.105. The molecule has 0 amide bonds. The topological polar surface area (TPSA) is 94.8 Å². The number of aliphatic carboxylic acids is 1. The number of hydrogen-bond donors (Lipinski definition) is 1. The Kier molecular flexibility index (Phi) is 6.37. The van der Waals surface area contributed by atoms with E-state index < -0.39 is 16.0 Å². The van der Waals surface area contributed by atoms with Gasteiger partial charge in [-0.2, -0.15) is 0 Å². The number of carbonyl (C=O) groups is 1. The molecule has 0 aliphatic heterocycles. The Morgan fingerprint density at radius 1 is 0.970 bits per heavy atom. The summed E-state index contributed by atoms with van der Waals surface area (Å²) in [5, 5.41) is 9.72. The van der Waals surface area contributed by atoms with Crippen LogP contribution in [0.25, 0.3) is 10.9 Å². The van der Waals surface area contributed by atoms with Gasteiger partial charge in [0.2, 0.25) is 0 Å². The lowest BCUT2D eigenvalue weighted by Crippen LogP contribution is -2.12. The first kappa shape index (κ1) is 22.4. The Morgan fingerprint density at radius 3 is 2.36 bits per heavy atom. The highest BCUT2D eigenvalue weighted by Crippen LogP contribution is 2.30. The fraction of sp³-hybridized carbons (Fsp3) is 0.160. The van der Waals surface area contributed by atoms with E-state index in [1.54, 1.807) is 42.5 Å². The first-order valence-corrected chi connectivity index (χ1v) is 11.7. The van der Waals surface area contributed by atoms with E-state index in [9.17, 15) is 13.2 Å². The van der Waals surface area contributed by atoms with Gasteiger partial charge in [-0.25, -0.2) is 12.4 Å². The van der Waals surface area contributed by atoms with Crippen molar-refractivity contribution in [1.82, 2.24) is 3.97 Å². The number of rotatable bonds is 9. The normalized spacial score (nSPS) is 11.4. The van der Waals surface area contributed by atoms with E-state index in [4.69, 9.17) is 14.6 Å². The number of hydrogen-bond acceptors (Lipinski definition) is 5. The molecule has 0 aliphatic carbocycles. The van der Waals surface area contributed by atoms with Crippen LogP contribution >= 0.6 is 0 Å². The van der Waals surface area contributed by atoms with Crippen molar-refractivity contribution in [2.75, 3.05) is 7.11 Å². The van der Waals surface area contributed by atoms with Gasteiger partial charge in [0.25, 0.3) is 10.0 Å². The van der Waals surface area contributed by atoms with Gasteiger partial charge in [0.1, 0.15) is 18.1 Å². The number of aryl methyl sites for hydroxylation is 1. The highest BCUT2D eigenvalue weighted by atomic mass is 32.2. The maximum atomic E-state index is 13.4. The third kappa shape index (κ3) is 4.85. The van der Waals surface area contributed by atoms with Crippen molar-refractivity contribution in [3.05, 3.63) is 90.1 Å². The Hall–Kier alpha value is -3.78. The van der Waals surface area contributed by atoms with Gasteiger partial charge in [-0.3, -0.25) is 4.79 Å². The Morgan fingerprint density at radius 2 is 1.70 bits per heavy atom. The molecule has 0 radical (unpaired) electrons. The summed E-state index contributed by atoms with van der Waals surface area (Å²) in [5.41, 5.74) is 1.93. The Labute approximate surface area is 191 Å². The number of benzene rings is 3. The van der Waals surface area contributed by atoms with E-state index in [0.29, 0.717) is 28.8 Å². The minimum Gasteiger partial charge on any atom is -0.497 e. The van der Waals surface area contributed by atoms with Crippen LogP contribution in [-0.2, 0) is 27.8 Å². The Balaban J connectivity index is 1.64. The zero-order chi connectivity index (χ0) is 23.4. The molecule has 1 N–H and O–H groups in total. The average molecular weight is 466 g/mol. The van der Waals surface area contributed by atoms with Crippen LogP contribution in [-0.4, -0.2) is 30.6 Å². The molecule has 0 fully saturated rings. The summed E-state index contributed by atoms with van der Waals surface area (Å²) in [4.78, 5) is 11.2. The monoisotopic (exact) mass is 465 g/mol. The standard InChI is InChI=1S/C25H23NO6S/c1-31-21-10-13-24-23(15-21)19(9-14-25(27)28)16-26(24)33(29,30)22-11-7-18(8-12-22)17-32-20-5-3-2-4-6-20/h2-8,10-13,15-16H,9,14,17H2,1H3,(H,27,28). The largest absolute Gasteiger partial charge is 0.497 e. The van der Waals surface area contributed by atoms with Gasteiger partial charge < -0.3 is 14.6 Å². The molecule has 4 aromatic rings. The molecule has 8 heteroatoms. The van der Waals surface area contributed by atoms with Crippen LogP contribution < -0.4 is 9.47 Å². The van der Waals surface area contributed by atoms with Crippen molar-refractivity contribution >= 4 is 26.9 Å². The van der Waals surface area contributed by atoms with Crippen molar-refractivity contribution in [2.24, 2.45) is 0 Å². The molecule has 0 spiro atoms. The molecule has 0 saturated carbocycles. The lowest BCUT2D eigenvalue weighted by atomic mass is 10.1. The predicted molar refractivity (Wildman–Crippen MR) is 124 cm³/mol. The van der Waals surface area contributed by atoms with E-state index in [1.165, 1.54) is 17.3 Å². The molecule has 170 valence electrons. The molecule has 0 saturated heterocycles. The number of aromatic nitrogens is 1. The second kappa shape index (κ2) is 9.38. The molecule has 1 aromatic heterocycles. The number of methoxy groups -OCH3 is 1. The van der Waals surface area contributed by atoms with E-state index in [2.05, 4.69) is 0 Å². The van der Waals surface area contributed by atoms with Gasteiger partial charge in [-0.15, -0.1) is 0 Å². The number of carboxylic acids is 1. The number of ether oxygens (including phenoxy) is 2. The van der Waals surface area contributed by atoms with Crippen molar-refractivity contribution in [2.45, 2.75) is 24.3 Å². The van der Waals surface area contributed by atoms with Crippen molar-refractivity contribution in [1.29, 1.82) is 0 Å². The van der Waals surface area contributed by atoms with Crippen LogP contribution in [0, 0.1) is 0 Å². The van der Waals surface area contributed by atoms with E-state index in [0.717, 1.165) is 11.3 Å². The summed E-state index contributed by atoms with van der Waals surface area (Å²) >= 11 is 0. The first-order chi connectivity index (χ1) is 15.9. The second-order valence-electron chi connectivity index (χ2n) is 7.48. The molecule has 0 atom stereocenters. The first-order valence-electron chi connectivity index (χ1n) is 10.3. The molecule has 0 aliphatic rings. The summed E-state index contributed by atoms with van der Waals surface area (Å²) in [6, 6.07) is 21.0. The maximum absolute atomic E-state index is 13.4. The molecule has 1 heterocycles. The number of para-hydroxylation sites is 1. The lowest BCUT2D eigenvalue weighted by molar-refractivity contribution is -0.136. The van der Waals surface area contributed by atoms with Gasteiger partial charge >= 0.3 is 5.97 Å². The van der Waals surface area contributed by atoms with Crippen LogP contribution in [0.3, 0.4) is 0 Å². The van der Waals surface area contributed by atoms with E-state index in [-0.39, 0.29) is 17.7 Å². The fourth-order valence-corrected chi connectivity index (χ4v) is 4.96. The van der Waals surface area contributed by atoms with Gasteiger partial charge in [0, 0.05) is 18.0 Å². The van der Waals surface area contributed by atoms with Crippen molar-refractivity contribution in [3.8, 4) is 11.5 Å². The van der Waals surface area contributed by atoms with E-state index >= 15 is 0 Å². The van der Waals surface area contributed by atoms with Crippen molar-refractivity contribution in [3.63, 3.8) is 0 Å². The lowest BCUT2D eigenvalue weighted by Gasteiger charge is -2.10. The molecule has 0 bridgehead atoms. The van der Waals surface area contributed by atoms with Crippen LogP contribution in [0.1, 0.15) is 17.5 Å². The van der Waals surface area contributed by atoms with Gasteiger partial charge in [0.15, 0.2) is 0 Å². The predicted octanol–water partition coefficient (Wildman–Crippen LogP) is 4.48. The molecule has 0 unspecified atom stereocenters. The molecular weight excluding hydrogens is 442 g/mol. The zero-order valence-electron chi connectivity index (χ0n) is 18.0. The zero-order valence-corrected chi connectivity index (χ0v) is 18.8. The summed E-state index contributed by atoms with van der Waals surface area (Å²) in [7, 11) is -2.38. The molecule has 7 nitrogen and oxygen atoms in total. The van der Waals surface area contributed by atoms with Gasteiger partial charge in [-0.1, -0.05) is 30.3 Å². The Bertz CT molecular complexity index is 1380. The molecule has 4 rings (SSSR count). The quantitative estimate of drug-likeness (QED) is 0.392. The minimum atomic E-state index is -3.90. The molecule has 3 aromatic carbocycles. The second-order valence-corrected chi connectivity index (χ2v) is 9.29. The van der Waals surface area contributed by atoms with Crippen LogP contribution in [0.4, 0.5) is 0 Å².